The summed E-state index contributed by atoms with van der Waals surface area (Å²) in [4.78, 5) is 16.9. The Kier molecular flexibility index (Phi) is 6.23. The molecule has 0 spiro atoms. The Hall–Kier alpha value is -3.98. The van der Waals surface area contributed by atoms with Crippen molar-refractivity contribution in [3.05, 3.63) is 102 Å². The van der Waals surface area contributed by atoms with E-state index in [-0.39, 0.29) is 16.8 Å². The summed E-state index contributed by atoms with van der Waals surface area (Å²) >= 11 is 0. The van der Waals surface area contributed by atoms with Gasteiger partial charge in [0.1, 0.15) is 12.7 Å². The van der Waals surface area contributed by atoms with Crippen molar-refractivity contribution in [3.8, 4) is 5.69 Å². The first-order valence-electron chi connectivity index (χ1n) is 10.3. The number of benzene rings is 3. The maximum atomic E-state index is 12.8. The zero-order valence-electron chi connectivity index (χ0n) is 18.1. The zero-order chi connectivity index (χ0) is 23.4. The molecule has 0 aliphatic rings. The van der Waals surface area contributed by atoms with Gasteiger partial charge in [0.05, 0.1) is 16.6 Å². The maximum absolute atomic E-state index is 12.8. The van der Waals surface area contributed by atoms with E-state index < -0.39 is 10.0 Å². The highest BCUT2D eigenvalue weighted by Crippen LogP contribution is 2.19. The van der Waals surface area contributed by atoms with Crippen molar-refractivity contribution in [2.24, 2.45) is 0 Å². The summed E-state index contributed by atoms with van der Waals surface area (Å²) in [7, 11) is -3.75. The molecule has 0 fully saturated rings. The molecule has 1 aromatic heterocycles. The topological polar surface area (TPSA) is 106 Å². The van der Waals surface area contributed by atoms with Gasteiger partial charge < -0.3 is 5.32 Å². The Morgan fingerprint density at radius 2 is 1.73 bits per heavy atom. The summed E-state index contributed by atoms with van der Waals surface area (Å²) in [6.45, 7) is 3.77. The smallest absolute Gasteiger partial charge is 0.261 e. The number of nitrogens with one attached hydrogen (secondary N) is 2. The molecule has 4 rings (SSSR count). The van der Waals surface area contributed by atoms with E-state index in [1.165, 1.54) is 12.4 Å². The van der Waals surface area contributed by atoms with E-state index in [1.807, 2.05) is 38.1 Å². The van der Waals surface area contributed by atoms with Crippen LogP contribution in [0.5, 0.6) is 0 Å². The molecule has 1 amide bonds. The Balaban J connectivity index is 1.44. The van der Waals surface area contributed by atoms with E-state index in [0.717, 1.165) is 16.8 Å². The van der Waals surface area contributed by atoms with E-state index >= 15 is 0 Å². The fourth-order valence-corrected chi connectivity index (χ4v) is 4.33. The lowest BCUT2D eigenvalue weighted by Crippen LogP contribution is -2.26. The van der Waals surface area contributed by atoms with Crippen LogP contribution in [-0.2, 0) is 10.0 Å². The monoisotopic (exact) mass is 461 g/mol. The maximum Gasteiger partial charge on any atom is 0.261 e. The van der Waals surface area contributed by atoms with Crippen LogP contribution in [0.25, 0.3) is 5.69 Å². The largest absolute Gasteiger partial charge is 0.346 e. The molecular weight excluding hydrogens is 438 g/mol. The molecule has 1 unspecified atom stereocenters. The van der Waals surface area contributed by atoms with Crippen molar-refractivity contribution >= 4 is 21.6 Å². The number of aryl methyl sites for hydroxylation is 1. The first-order valence-corrected chi connectivity index (χ1v) is 11.8. The molecule has 0 aliphatic heterocycles. The van der Waals surface area contributed by atoms with Gasteiger partial charge in [0, 0.05) is 11.3 Å². The molecule has 0 saturated carbocycles. The van der Waals surface area contributed by atoms with E-state index in [2.05, 4.69) is 20.1 Å². The second kappa shape index (κ2) is 9.25. The summed E-state index contributed by atoms with van der Waals surface area (Å²) in [6.07, 6.45) is 3.08. The number of nitrogens with zero attached hydrogens (tertiary/aromatic N) is 3. The number of sulfonamides is 1. The summed E-state index contributed by atoms with van der Waals surface area (Å²) in [5.74, 6) is -0.306. The van der Waals surface area contributed by atoms with Gasteiger partial charge in [-0.1, -0.05) is 35.9 Å². The van der Waals surface area contributed by atoms with Gasteiger partial charge in [-0.15, -0.1) is 0 Å². The van der Waals surface area contributed by atoms with Crippen LogP contribution in [0.1, 0.15) is 34.5 Å². The van der Waals surface area contributed by atoms with Crippen molar-refractivity contribution in [2.75, 3.05) is 4.72 Å². The van der Waals surface area contributed by atoms with Gasteiger partial charge in [-0.3, -0.25) is 9.52 Å². The summed E-state index contributed by atoms with van der Waals surface area (Å²) in [6, 6.07) is 20.3. The minimum absolute atomic E-state index is 0.158. The third-order valence-electron chi connectivity index (χ3n) is 5.13. The second-order valence-electron chi connectivity index (χ2n) is 7.63. The molecule has 0 saturated heterocycles. The average molecular weight is 462 g/mol. The fraction of sp³-hybridized carbons (Fsp3) is 0.125. The standard InChI is InChI=1S/C24H23N5O3S/c1-17-6-12-23(13-7-17)33(31,32)28-21-5-3-4-20(14-21)24(30)27-18(2)19-8-10-22(11-9-19)29-16-25-15-26-29/h3-16,18,28H,1-2H3,(H,27,30). The molecule has 33 heavy (non-hydrogen) atoms. The third-order valence-corrected chi connectivity index (χ3v) is 6.53. The van der Waals surface area contributed by atoms with Crippen LogP contribution in [0.4, 0.5) is 5.69 Å². The Morgan fingerprint density at radius 1 is 1.00 bits per heavy atom. The van der Waals surface area contributed by atoms with Crippen LogP contribution in [0.2, 0.25) is 0 Å². The SMILES string of the molecule is Cc1ccc(S(=O)(=O)Nc2cccc(C(=O)NC(C)c3ccc(-n4cncn4)cc3)c2)cc1. The van der Waals surface area contributed by atoms with Gasteiger partial charge >= 0.3 is 0 Å². The van der Waals surface area contributed by atoms with Crippen molar-refractivity contribution in [1.82, 2.24) is 20.1 Å². The molecule has 1 atom stereocenters. The van der Waals surface area contributed by atoms with Gasteiger partial charge in [0.2, 0.25) is 0 Å². The van der Waals surface area contributed by atoms with Gasteiger partial charge in [0.15, 0.2) is 0 Å². The van der Waals surface area contributed by atoms with Crippen molar-refractivity contribution < 1.29 is 13.2 Å². The molecule has 3 aromatic carbocycles. The van der Waals surface area contributed by atoms with Crippen LogP contribution < -0.4 is 10.0 Å². The lowest BCUT2D eigenvalue weighted by molar-refractivity contribution is 0.0940. The number of hydrogen-bond donors (Lipinski definition) is 2. The van der Waals surface area contributed by atoms with E-state index in [9.17, 15) is 13.2 Å². The predicted octanol–water partition coefficient (Wildman–Crippen LogP) is 3.87. The minimum atomic E-state index is -3.75. The van der Waals surface area contributed by atoms with Gasteiger partial charge in [-0.2, -0.15) is 5.10 Å². The zero-order valence-corrected chi connectivity index (χ0v) is 19.0. The van der Waals surface area contributed by atoms with Crippen LogP contribution in [0.15, 0.2) is 90.3 Å². The Morgan fingerprint density at radius 3 is 2.39 bits per heavy atom. The predicted molar refractivity (Wildman–Crippen MR) is 126 cm³/mol. The number of carbonyl (C=O) groups is 1. The number of aromatic nitrogens is 3. The number of amides is 1. The molecule has 0 bridgehead atoms. The highest BCUT2D eigenvalue weighted by atomic mass is 32.2. The van der Waals surface area contributed by atoms with Gasteiger partial charge in [-0.05, 0) is 61.9 Å². The second-order valence-corrected chi connectivity index (χ2v) is 9.31. The molecule has 0 radical (unpaired) electrons. The lowest BCUT2D eigenvalue weighted by Gasteiger charge is -2.15. The van der Waals surface area contributed by atoms with E-state index in [0.29, 0.717) is 11.3 Å². The molecule has 2 N–H and O–H groups in total. The van der Waals surface area contributed by atoms with Crippen LogP contribution in [0.3, 0.4) is 0 Å². The van der Waals surface area contributed by atoms with Crippen LogP contribution in [-0.4, -0.2) is 29.1 Å². The lowest BCUT2D eigenvalue weighted by atomic mass is 10.1. The van der Waals surface area contributed by atoms with Gasteiger partial charge in [-0.25, -0.2) is 18.1 Å². The van der Waals surface area contributed by atoms with Gasteiger partial charge in [0.25, 0.3) is 15.9 Å². The summed E-state index contributed by atoms with van der Waals surface area (Å²) < 4.78 is 29.5. The van der Waals surface area contributed by atoms with Crippen molar-refractivity contribution in [1.29, 1.82) is 0 Å². The van der Waals surface area contributed by atoms with Crippen molar-refractivity contribution in [2.45, 2.75) is 24.8 Å². The molecular formula is C24H23N5O3S. The number of anilines is 1. The van der Waals surface area contributed by atoms with Crippen molar-refractivity contribution in [3.63, 3.8) is 0 Å². The van der Waals surface area contributed by atoms with E-state index in [4.69, 9.17) is 0 Å². The Bertz CT molecular complexity index is 1350. The first kappa shape index (κ1) is 22.2. The molecule has 4 aromatic rings. The minimum Gasteiger partial charge on any atom is -0.346 e. The number of carbonyl (C=O) groups excluding carboxylic acids is 1. The number of rotatable bonds is 7. The highest BCUT2D eigenvalue weighted by Gasteiger charge is 2.16. The molecule has 8 nitrogen and oxygen atoms in total. The van der Waals surface area contributed by atoms with Crippen LogP contribution >= 0.6 is 0 Å². The number of hydrogen-bond acceptors (Lipinski definition) is 5. The molecule has 9 heteroatoms. The average Bonchev–Trinajstić information content (AvgIpc) is 3.34. The highest BCUT2D eigenvalue weighted by molar-refractivity contribution is 7.92. The molecule has 168 valence electrons. The summed E-state index contributed by atoms with van der Waals surface area (Å²) in [5, 5.41) is 7.04. The van der Waals surface area contributed by atoms with Crippen LogP contribution in [0, 0.1) is 6.92 Å². The van der Waals surface area contributed by atoms with E-state index in [1.54, 1.807) is 53.5 Å². The first-order chi connectivity index (χ1) is 15.8. The summed E-state index contributed by atoms with van der Waals surface area (Å²) in [5.41, 5.74) is 3.42. The normalized spacial score (nSPS) is 12.2. The molecule has 0 aliphatic carbocycles. The fourth-order valence-electron chi connectivity index (χ4n) is 3.28. The third kappa shape index (κ3) is 5.27. The quantitative estimate of drug-likeness (QED) is 0.435. The molecule has 1 heterocycles. The Labute approximate surface area is 192 Å².